The Morgan fingerprint density at radius 3 is 2.64 bits per heavy atom. The van der Waals surface area contributed by atoms with E-state index in [1.54, 1.807) is 7.11 Å². The molecule has 2 aliphatic rings. The second kappa shape index (κ2) is 15.3. The van der Waals surface area contributed by atoms with Crippen molar-refractivity contribution < 1.29 is 14.3 Å². The zero-order chi connectivity index (χ0) is 19.3. The number of carbonyl (C=O) groups excluding carboxylic acids is 1. The summed E-state index contributed by atoms with van der Waals surface area (Å²) in [6.45, 7) is 7.41. The molecule has 2 rings (SSSR count). The van der Waals surface area contributed by atoms with Crippen LogP contribution in [0.2, 0.25) is 0 Å². The van der Waals surface area contributed by atoms with Crippen molar-refractivity contribution in [3.8, 4) is 0 Å². The van der Waals surface area contributed by atoms with Gasteiger partial charge in [-0.15, -0.1) is 24.0 Å². The SMILES string of the molecule is CCNC(=NCCCCOCCOC)NC1CCN(C(=O)C2CCCC2)C1.I. The molecule has 1 saturated heterocycles. The molecule has 0 radical (unpaired) electrons. The third-order valence-corrected chi connectivity index (χ3v) is 5.29. The van der Waals surface area contributed by atoms with Crippen molar-refractivity contribution in [2.75, 3.05) is 53.1 Å². The van der Waals surface area contributed by atoms with Gasteiger partial charge in [-0.25, -0.2) is 0 Å². The van der Waals surface area contributed by atoms with Crippen LogP contribution in [0, 0.1) is 5.92 Å². The zero-order valence-corrected chi connectivity index (χ0v) is 19.9. The molecule has 1 amide bonds. The maximum absolute atomic E-state index is 12.6. The second-order valence-electron chi connectivity index (χ2n) is 7.47. The Morgan fingerprint density at radius 2 is 1.93 bits per heavy atom. The van der Waals surface area contributed by atoms with E-state index >= 15 is 0 Å². The summed E-state index contributed by atoms with van der Waals surface area (Å²) in [4.78, 5) is 19.3. The van der Waals surface area contributed by atoms with Gasteiger partial charge in [0.1, 0.15) is 0 Å². The molecule has 1 aliphatic heterocycles. The fourth-order valence-corrected chi connectivity index (χ4v) is 3.77. The normalized spacial score (nSPS) is 20.3. The number of nitrogens with zero attached hydrogens (tertiary/aromatic N) is 2. The summed E-state index contributed by atoms with van der Waals surface area (Å²) >= 11 is 0. The number of methoxy groups -OCH3 is 1. The molecule has 0 bridgehead atoms. The van der Waals surface area contributed by atoms with Crippen molar-refractivity contribution in [3.05, 3.63) is 0 Å². The molecule has 1 atom stereocenters. The second-order valence-corrected chi connectivity index (χ2v) is 7.47. The molecule has 0 aromatic carbocycles. The van der Waals surface area contributed by atoms with E-state index in [0.29, 0.717) is 25.2 Å². The number of hydrogen-bond donors (Lipinski definition) is 2. The summed E-state index contributed by atoms with van der Waals surface area (Å²) in [5.74, 6) is 1.50. The van der Waals surface area contributed by atoms with Crippen LogP contribution in [0.4, 0.5) is 0 Å². The van der Waals surface area contributed by atoms with Crippen molar-refractivity contribution in [2.45, 2.75) is 57.9 Å². The number of nitrogens with one attached hydrogen (secondary N) is 2. The number of rotatable bonds is 11. The van der Waals surface area contributed by atoms with Crippen molar-refractivity contribution in [1.82, 2.24) is 15.5 Å². The van der Waals surface area contributed by atoms with Gasteiger partial charge in [-0.05, 0) is 39.0 Å². The molecule has 1 unspecified atom stereocenters. The molecule has 1 aliphatic carbocycles. The van der Waals surface area contributed by atoms with E-state index in [4.69, 9.17) is 9.47 Å². The van der Waals surface area contributed by atoms with Crippen LogP contribution < -0.4 is 10.6 Å². The van der Waals surface area contributed by atoms with Gasteiger partial charge in [0.15, 0.2) is 5.96 Å². The summed E-state index contributed by atoms with van der Waals surface area (Å²) in [7, 11) is 1.68. The van der Waals surface area contributed by atoms with Crippen molar-refractivity contribution in [3.63, 3.8) is 0 Å². The molecule has 0 aromatic heterocycles. The Morgan fingerprint density at radius 1 is 1.14 bits per heavy atom. The van der Waals surface area contributed by atoms with E-state index in [-0.39, 0.29) is 29.9 Å². The number of ether oxygens (including phenoxy) is 2. The van der Waals surface area contributed by atoms with Gasteiger partial charge in [-0.2, -0.15) is 0 Å². The average molecular weight is 510 g/mol. The van der Waals surface area contributed by atoms with Gasteiger partial charge in [0.05, 0.1) is 13.2 Å². The third kappa shape index (κ3) is 9.26. The van der Waals surface area contributed by atoms with Crippen molar-refractivity contribution in [2.24, 2.45) is 10.9 Å². The van der Waals surface area contributed by atoms with Gasteiger partial charge < -0.3 is 25.0 Å². The molecule has 8 heteroatoms. The van der Waals surface area contributed by atoms with E-state index in [0.717, 1.165) is 70.8 Å². The average Bonchev–Trinajstić information content (AvgIpc) is 3.35. The van der Waals surface area contributed by atoms with E-state index in [1.165, 1.54) is 12.8 Å². The Bertz CT molecular complexity index is 459. The molecule has 1 saturated carbocycles. The highest BCUT2D eigenvalue weighted by Gasteiger charge is 2.32. The number of halogens is 1. The summed E-state index contributed by atoms with van der Waals surface area (Å²) < 4.78 is 10.4. The van der Waals surface area contributed by atoms with Gasteiger partial charge in [0.25, 0.3) is 0 Å². The lowest BCUT2D eigenvalue weighted by Gasteiger charge is -2.21. The van der Waals surface area contributed by atoms with E-state index < -0.39 is 0 Å². The lowest BCUT2D eigenvalue weighted by molar-refractivity contribution is -0.134. The van der Waals surface area contributed by atoms with Crippen molar-refractivity contribution >= 4 is 35.8 Å². The lowest BCUT2D eigenvalue weighted by atomic mass is 10.1. The van der Waals surface area contributed by atoms with Crippen LogP contribution in [0.5, 0.6) is 0 Å². The number of unbranched alkanes of at least 4 members (excludes halogenated alkanes) is 1. The Kier molecular flexibility index (Phi) is 13.9. The molecule has 2 fully saturated rings. The molecule has 0 spiro atoms. The summed E-state index contributed by atoms with van der Waals surface area (Å²) in [5.41, 5.74) is 0. The highest BCUT2D eigenvalue weighted by Crippen LogP contribution is 2.27. The fourth-order valence-electron chi connectivity index (χ4n) is 3.77. The van der Waals surface area contributed by atoms with Gasteiger partial charge in [0, 0.05) is 51.9 Å². The minimum Gasteiger partial charge on any atom is -0.382 e. The van der Waals surface area contributed by atoms with Crippen LogP contribution in [0.3, 0.4) is 0 Å². The van der Waals surface area contributed by atoms with Crippen LogP contribution in [-0.2, 0) is 14.3 Å². The number of likely N-dealkylation sites (tertiary alicyclic amines) is 1. The molecule has 0 aromatic rings. The minimum atomic E-state index is 0. The van der Waals surface area contributed by atoms with E-state index in [9.17, 15) is 4.79 Å². The number of guanidine groups is 1. The summed E-state index contributed by atoms with van der Waals surface area (Å²) in [6.07, 6.45) is 7.57. The van der Waals surface area contributed by atoms with Crippen LogP contribution >= 0.6 is 24.0 Å². The first-order chi connectivity index (χ1) is 13.2. The molecule has 1 heterocycles. The Hall–Kier alpha value is -0.610. The first kappa shape index (κ1) is 25.4. The molecule has 28 heavy (non-hydrogen) atoms. The topological polar surface area (TPSA) is 75.2 Å². The molecular formula is C20H39IN4O3. The van der Waals surface area contributed by atoms with E-state index in [2.05, 4.69) is 27.4 Å². The summed E-state index contributed by atoms with van der Waals surface area (Å²) in [6, 6.07) is 0.297. The predicted molar refractivity (Wildman–Crippen MR) is 123 cm³/mol. The Labute approximate surface area is 187 Å². The number of carbonyl (C=O) groups is 1. The molecular weight excluding hydrogens is 471 g/mol. The predicted octanol–water partition coefficient (Wildman–Crippen LogP) is 2.39. The van der Waals surface area contributed by atoms with Crippen LogP contribution in [0.25, 0.3) is 0 Å². The van der Waals surface area contributed by atoms with E-state index in [1.807, 2.05) is 0 Å². The van der Waals surface area contributed by atoms with Crippen molar-refractivity contribution in [1.29, 1.82) is 0 Å². The fraction of sp³-hybridized carbons (Fsp3) is 0.900. The first-order valence-corrected chi connectivity index (χ1v) is 10.6. The number of amides is 1. The van der Waals surface area contributed by atoms with Gasteiger partial charge in [0.2, 0.25) is 5.91 Å². The van der Waals surface area contributed by atoms with Crippen LogP contribution in [-0.4, -0.2) is 75.9 Å². The van der Waals surface area contributed by atoms with Gasteiger partial charge in [-0.3, -0.25) is 9.79 Å². The lowest BCUT2D eigenvalue weighted by Crippen LogP contribution is -2.45. The highest BCUT2D eigenvalue weighted by molar-refractivity contribution is 14.0. The maximum Gasteiger partial charge on any atom is 0.225 e. The largest absolute Gasteiger partial charge is 0.382 e. The highest BCUT2D eigenvalue weighted by atomic mass is 127. The minimum absolute atomic E-state index is 0. The smallest absolute Gasteiger partial charge is 0.225 e. The molecule has 164 valence electrons. The van der Waals surface area contributed by atoms with Crippen LogP contribution in [0.1, 0.15) is 51.9 Å². The summed E-state index contributed by atoms with van der Waals surface area (Å²) in [5, 5.41) is 6.82. The maximum atomic E-state index is 12.6. The first-order valence-electron chi connectivity index (χ1n) is 10.6. The molecule has 2 N–H and O–H groups in total. The van der Waals surface area contributed by atoms with Crippen LogP contribution in [0.15, 0.2) is 4.99 Å². The zero-order valence-electron chi connectivity index (χ0n) is 17.6. The quantitative estimate of drug-likeness (QED) is 0.193. The molecule has 7 nitrogen and oxygen atoms in total. The van der Waals surface area contributed by atoms with Gasteiger partial charge >= 0.3 is 0 Å². The number of hydrogen-bond acceptors (Lipinski definition) is 4. The monoisotopic (exact) mass is 510 g/mol. The third-order valence-electron chi connectivity index (χ3n) is 5.29. The Balaban J connectivity index is 0.00000392. The standard InChI is InChI=1S/C20H38N4O3.HI/c1-3-21-20(22-11-6-7-13-27-15-14-26-2)23-18-10-12-24(16-18)19(25)17-8-4-5-9-17;/h17-18H,3-16H2,1-2H3,(H2,21,22,23);1H. The number of aliphatic imine (C=N–C) groups is 1. The van der Waals surface area contributed by atoms with Gasteiger partial charge in [-0.1, -0.05) is 12.8 Å².